The van der Waals surface area contributed by atoms with Gasteiger partial charge < -0.3 is 10.1 Å². The number of nitrogens with zero attached hydrogens (tertiary/aromatic N) is 1. The summed E-state index contributed by atoms with van der Waals surface area (Å²) in [5.74, 6) is -0.765. The summed E-state index contributed by atoms with van der Waals surface area (Å²) in [7, 11) is 0. The van der Waals surface area contributed by atoms with Crippen molar-refractivity contribution in [2.24, 2.45) is 0 Å². The predicted octanol–water partition coefficient (Wildman–Crippen LogP) is 4.80. The van der Waals surface area contributed by atoms with E-state index < -0.39 is 11.9 Å². The Hall–Kier alpha value is -3.12. The molecule has 28 heavy (non-hydrogen) atoms. The third-order valence-electron chi connectivity index (χ3n) is 4.29. The number of benzene rings is 2. The molecule has 0 fully saturated rings. The molecule has 2 aromatic carbocycles. The zero-order chi connectivity index (χ0) is 20.4. The van der Waals surface area contributed by atoms with E-state index in [9.17, 15) is 14.4 Å². The molecule has 0 unspecified atom stereocenters. The summed E-state index contributed by atoms with van der Waals surface area (Å²) in [6.07, 6.45) is -0.719. The summed E-state index contributed by atoms with van der Waals surface area (Å²) in [6, 6.07) is 11.9. The molecular weight excluding hydrogens is 380 g/mol. The number of rotatable bonds is 4. The maximum absolute atomic E-state index is 13.4. The summed E-state index contributed by atoms with van der Waals surface area (Å²) >= 11 is 6.12. The van der Waals surface area contributed by atoms with Crippen LogP contribution in [0.25, 0.3) is 10.9 Å². The molecule has 0 atom stereocenters. The highest BCUT2D eigenvalue weighted by molar-refractivity contribution is 6.32. The van der Waals surface area contributed by atoms with Crippen molar-refractivity contribution >= 4 is 46.0 Å². The largest absolute Gasteiger partial charge is 0.449 e. The molecule has 6 nitrogen and oxygen atoms in total. The van der Waals surface area contributed by atoms with Crippen LogP contribution in [0.1, 0.15) is 35.5 Å². The van der Waals surface area contributed by atoms with Crippen molar-refractivity contribution in [2.45, 2.75) is 20.8 Å². The van der Waals surface area contributed by atoms with Crippen LogP contribution >= 0.6 is 11.6 Å². The first-order valence-electron chi connectivity index (χ1n) is 8.74. The molecule has 3 aromatic rings. The van der Waals surface area contributed by atoms with Gasteiger partial charge in [-0.2, -0.15) is 0 Å². The Bertz CT molecular complexity index is 1100. The van der Waals surface area contributed by atoms with Gasteiger partial charge in [0.05, 0.1) is 17.8 Å². The lowest BCUT2D eigenvalue weighted by Gasteiger charge is -2.11. The van der Waals surface area contributed by atoms with Gasteiger partial charge in [0.15, 0.2) is 0 Å². The summed E-state index contributed by atoms with van der Waals surface area (Å²) in [4.78, 5) is 38.0. The second-order valence-corrected chi connectivity index (χ2v) is 6.68. The number of aryl methyl sites for hydroxylation is 1. The molecule has 1 N–H and O–H groups in total. The molecule has 0 aliphatic heterocycles. The molecule has 0 aliphatic carbocycles. The number of nitrogens with one attached hydrogen (secondary N) is 1. The zero-order valence-corrected chi connectivity index (χ0v) is 16.5. The molecular formula is C21H19ClN2O4. The maximum Gasteiger partial charge on any atom is 0.419 e. The molecule has 144 valence electrons. The van der Waals surface area contributed by atoms with E-state index in [0.717, 1.165) is 5.56 Å². The highest BCUT2D eigenvalue weighted by Gasteiger charge is 2.29. The fourth-order valence-electron chi connectivity index (χ4n) is 3.11. The van der Waals surface area contributed by atoms with Crippen LogP contribution in [-0.4, -0.2) is 29.0 Å². The third kappa shape index (κ3) is 3.51. The van der Waals surface area contributed by atoms with Crippen molar-refractivity contribution in [1.29, 1.82) is 0 Å². The van der Waals surface area contributed by atoms with Gasteiger partial charge in [-0.05, 0) is 37.6 Å². The number of fused-ring (bicyclic) bond motifs is 1. The lowest BCUT2D eigenvalue weighted by atomic mass is 10.0. The number of anilines is 1. The van der Waals surface area contributed by atoms with Gasteiger partial charge in [0.2, 0.25) is 11.7 Å². The Labute approximate surface area is 167 Å². The molecule has 1 heterocycles. The first-order valence-corrected chi connectivity index (χ1v) is 9.12. The lowest BCUT2D eigenvalue weighted by Crippen LogP contribution is -2.21. The van der Waals surface area contributed by atoms with Crippen molar-refractivity contribution in [2.75, 3.05) is 11.9 Å². The van der Waals surface area contributed by atoms with Crippen LogP contribution < -0.4 is 5.32 Å². The number of hydrogen-bond donors (Lipinski definition) is 1. The van der Waals surface area contributed by atoms with Gasteiger partial charge in [-0.15, -0.1) is 0 Å². The summed E-state index contributed by atoms with van der Waals surface area (Å²) in [5, 5.41) is 3.60. The van der Waals surface area contributed by atoms with Crippen LogP contribution in [-0.2, 0) is 9.53 Å². The molecule has 1 aromatic heterocycles. The fourth-order valence-corrected chi connectivity index (χ4v) is 3.28. The van der Waals surface area contributed by atoms with Crippen molar-refractivity contribution in [3.8, 4) is 0 Å². The minimum atomic E-state index is -0.719. The highest BCUT2D eigenvalue weighted by atomic mass is 35.5. The number of carbonyl (C=O) groups is 3. The quantitative estimate of drug-likeness (QED) is 0.640. The number of aromatic nitrogens is 1. The second-order valence-electron chi connectivity index (χ2n) is 6.24. The SMILES string of the molecule is CCOC(=O)n1c(C(=O)c2ccccc2C)c(NC(C)=O)c2ccc(Cl)cc21. The number of amides is 1. The van der Waals surface area contributed by atoms with Gasteiger partial charge in [0.25, 0.3) is 0 Å². The van der Waals surface area contributed by atoms with Gasteiger partial charge in [-0.1, -0.05) is 35.9 Å². The Kier molecular flexibility index (Phi) is 5.51. The van der Waals surface area contributed by atoms with Crippen molar-refractivity contribution in [3.63, 3.8) is 0 Å². The van der Waals surface area contributed by atoms with E-state index in [1.807, 2.05) is 6.07 Å². The third-order valence-corrected chi connectivity index (χ3v) is 4.52. The van der Waals surface area contributed by atoms with E-state index in [0.29, 0.717) is 21.5 Å². The second kappa shape index (κ2) is 7.86. The normalized spacial score (nSPS) is 10.7. The highest BCUT2D eigenvalue weighted by Crippen LogP contribution is 2.35. The minimum absolute atomic E-state index is 0.0280. The van der Waals surface area contributed by atoms with Gasteiger partial charge in [0, 0.05) is 22.9 Å². The molecule has 0 spiro atoms. The Morgan fingerprint density at radius 1 is 1.14 bits per heavy atom. The molecule has 7 heteroatoms. The monoisotopic (exact) mass is 398 g/mol. The Morgan fingerprint density at radius 3 is 2.50 bits per heavy atom. The zero-order valence-electron chi connectivity index (χ0n) is 15.7. The summed E-state index contributed by atoms with van der Waals surface area (Å²) < 4.78 is 6.34. The standard InChI is InChI=1S/C21H19ClN2O4/c1-4-28-21(27)24-17-11-14(22)9-10-16(17)18(23-13(3)25)19(24)20(26)15-8-6-5-7-12(15)2/h5-11H,4H2,1-3H3,(H,23,25). The average Bonchev–Trinajstić information content (AvgIpc) is 2.94. The van der Waals surface area contributed by atoms with Crippen LogP contribution in [0.2, 0.25) is 5.02 Å². The number of ketones is 1. The molecule has 3 rings (SSSR count). The lowest BCUT2D eigenvalue weighted by molar-refractivity contribution is -0.114. The van der Waals surface area contributed by atoms with E-state index in [4.69, 9.17) is 16.3 Å². The topological polar surface area (TPSA) is 77.4 Å². The summed E-state index contributed by atoms with van der Waals surface area (Å²) in [6.45, 7) is 4.95. The minimum Gasteiger partial charge on any atom is -0.449 e. The van der Waals surface area contributed by atoms with Crippen LogP contribution in [0.15, 0.2) is 42.5 Å². The van der Waals surface area contributed by atoms with Crippen molar-refractivity contribution < 1.29 is 19.1 Å². The van der Waals surface area contributed by atoms with Gasteiger partial charge in [-0.25, -0.2) is 9.36 Å². The molecule has 1 amide bonds. The van der Waals surface area contributed by atoms with E-state index in [1.165, 1.54) is 11.5 Å². The van der Waals surface area contributed by atoms with E-state index in [-0.39, 0.29) is 23.9 Å². The summed E-state index contributed by atoms with van der Waals surface area (Å²) in [5.41, 5.74) is 1.83. The van der Waals surface area contributed by atoms with E-state index >= 15 is 0 Å². The first-order chi connectivity index (χ1) is 13.3. The number of ether oxygens (including phenoxy) is 1. The number of hydrogen-bond acceptors (Lipinski definition) is 4. The fraction of sp³-hybridized carbons (Fsp3) is 0.190. The molecule has 0 saturated carbocycles. The molecule has 0 aliphatic rings. The van der Waals surface area contributed by atoms with E-state index in [2.05, 4.69) is 5.32 Å². The van der Waals surface area contributed by atoms with Crippen LogP contribution in [0.3, 0.4) is 0 Å². The van der Waals surface area contributed by atoms with Crippen molar-refractivity contribution in [1.82, 2.24) is 4.57 Å². The van der Waals surface area contributed by atoms with Crippen LogP contribution in [0, 0.1) is 6.92 Å². The maximum atomic E-state index is 13.4. The van der Waals surface area contributed by atoms with E-state index in [1.54, 1.807) is 50.2 Å². The van der Waals surface area contributed by atoms with Gasteiger partial charge in [0.1, 0.15) is 5.69 Å². The number of carbonyl (C=O) groups excluding carboxylic acids is 3. The Balaban J connectivity index is 2.39. The average molecular weight is 399 g/mol. The van der Waals surface area contributed by atoms with Crippen molar-refractivity contribution in [3.05, 3.63) is 64.3 Å². The van der Waals surface area contributed by atoms with Gasteiger partial charge in [-0.3, -0.25) is 9.59 Å². The molecule has 0 bridgehead atoms. The first kappa shape index (κ1) is 19.6. The molecule has 0 saturated heterocycles. The van der Waals surface area contributed by atoms with Gasteiger partial charge >= 0.3 is 6.09 Å². The predicted molar refractivity (Wildman–Crippen MR) is 108 cm³/mol. The smallest absolute Gasteiger partial charge is 0.419 e. The van der Waals surface area contributed by atoms with Crippen LogP contribution in [0.5, 0.6) is 0 Å². The van der Waals surface area contributed by atoms with Crippen LogP contribution in [0.4, 0.5) is 10.5 Å². The Morgan fingerprint density at radius 2 is 1.86 bits per heavy atom. The number of halogens is 1. The molecule has 0 radical (unpaired) electrons.